The van der Waals surface area contributed by atoms with Crippen molar-refractivity contribution in [1.29, 1.82) is 0 Å². The lowest BCUT2D eigenvalue weighted by molar-refractivity contribution is -0.118. The zero-order valence-corrected chi connectivity index (χ0v) is 12.5. The fraction of sp³-hybridized carbons (Fsp3) is 0.533. The number of benzene rings is 1. The average molecular weight is 264 g/mol. The van der Waals surface area contributed by atoms with Crippen LogP contribution in [-0.2, 0) is 11.2 Å². The highest BCUT2D eigenvalue weighted by Crippen LogP contribution is 2.27. The van der Waals surface area contributed by atoms with E-state index < -0.39 is 0 Å². The van der Waals surface area contributed by atoms with Crippen molar-refractivity contribution >= 4 is 5.91 Å². The SMILES string of the molecule is COc1cc(C)c(CCN(C)CC(N)=O)c(C)c1C. The molecule has 0 atom stereocenters. The predicted octanol–water partition coefficient (Wildman–Crippen LogP) is 1.58. The molecule has 4 heteroatoms. The summed E-state index contributed by atoms with van der Waals surface area (Å²) in [5.74, 6) is 0.645. The molecule has 19 heavy (non-hydrogen) atoms. The second-order valence-corrected chi connectivity index (χ2v) is 5.08. The normalized spacial score (nSPS) is 10.8. The van der Waals surface area contributed by atoms with Crippen LogP contribution in [0.4, 0.5) is 0 Å². The van der Waals surface area contributed by atoms with Gasteiger partial charge in [-0.05, 0) is 62.6 Å². The minimum absolute atomic E-state index is 0.290. The molecule has 0 aliphatic rings. The molecule has 0 aliphatic heterocycles. The number of primary amides is 1. The fourth-order valence-corrected chi connectivity index (χ4v) is 2.34. The van der Waals surface area contributed by atoms with Crippen LogP contribution in [0.3, 0.4) is 0 Å². The summed E-state index contributed by atoms with van der Waals surface area (Å²) in [6, 6.07) is 2.08. The highest BCUT2D eigenvalue weighted by Gasteiger charge is 2.11. The average Bonchev–Trinajstić information content (AvgIpc) is 2.32. The molecule has 0 saturated heterocycles. The highest BCUT2D eigenvalue weighted by atomic mass is 16.5. The lowest BCUT2D eigenvalue weighted by Gasteiger charge is -2.19. The Hall–Kier alpha value is -1.55. The van der Waals surface area contributed by atoms with E-state index in [-0.39, 0.29) is 5.91 Å². The molecule has 0 bridgehead atoms. The first kappa shape index (κ1) is 15.5. The Morgan fingerprint density at radius 3 is 2.47 bits per heavy atom. The standard InChI is InChI=1S/C15H24N2O2/c1-10-8-14(19-5)12(3)11(2)13(10)6-7-17(4)9-15(16)18/h8H,6-7,9H2,1-5H3,(H2,16,18). The maximum Gasteiger partial charge on any atom is 0.231 e. The van der Waals surface area contributed by atoms with Gasteiger partial charge in [0, 0.05) is 6.54 Å². The maximum absolute atomic E-state index is 10.9. The van der Waals surface area contributed by atoms with Crippen molar-refractivity contribution in [2.24, 2.45) is 5.73 Å². The number of amides is 1. The zero-order chi connectivity index (χ0) is 14.6. The minimum Gasteiger partial charge on any atom is -0.496 e. The quantitative estimate of drug-likeness (QED) is 0.848. The Morgan fingerprint density at radius 1 is 1.32 bits per heavy atom. The number of carbonyl (C=O) groups excluding carboxylic acids is 1. The van der Waals surface area contributed by atoms with E-state index in [2.05, 4.69) is 26.8 Å². The van der Waals surface area contributed by atoms with Gasteiger partial charge < -0.3 is 10.5 Å². The van der Waals surface area contributed by atoms with Crippen LogP contribution in [0, 0.1) is 20.8 Å². The summed E-state index contributed by atoms with van der Waals surface area (Å²) < 4.78 is 5.37. The van der Waals surface area contributed by atoms with Crippen LogP contribution in [0.25, 0.3) is 0 Å². The van der Waals surface area contributed by atoms with Crippen molar-refractivity contribution in [3.8, 4) is 5.75 Å². The van der Waals surface area contributed by atoms with Crippen molar-refractivity contribution < 1.29 is 9.53 Å². The van der Waals surface area contributed by atoms with Crippen LogP contribution in [0.15, 0.2) is 6.07 Å². The van der Waals surface area contributed by atoms with Gasteiger partial charge in [-0.3, -0.25) is 9.69 Å². The van der Waals surface area contributed by atoms with Crippen LogP contribution in [0.5, 0.6) is 5.75 Å². The Labute approximate surface area is 115 Å². The van der Waals surface area contributed by atoms with Gasteiger partial charge in [-0.2, -0.15) is 0 Å². The molecule has 0 saturated carbocycles. The topological polar surface area (TPSA) is 55.6 Å². The number of rotatable bonds is 6. The summed E-state index contributed by atoms with van der Waals surface area (Å²) in [6.45, 7) is 7.40. The Kier molecular flexibility index (Phi) is 5.36. The Morgan fingerprint density at radius 2 is 1.95 bits per heavy atom. The number of carbonyl (C=O) groups is 1. The molecule has 1 amide bonds. The third-order valence-corrected chi connectivity index (χ3v) is 3.60. The number of nitrogens with zero attached hydrogens (tertiary/aromatic N) is 1. The smallest absolute Gasteiger partial charge is 0.231 e. The van der Waals surface area contributed by atoms with Crippen LogP contribution in [-0.4, -0.2) is 38.1 Å². The second-order valence-electron chi connectivity index (χ2n) is 5.08. The first-order chi connectivity index (χ1) is 8.86. The van der Waals surface area contributed by atoms with E-state index in [0.717, 1.165) is 18.7 Å². The molecule has 0 heterocycles. The van der Waals surface area contributed by atoms with E-state index in [1.54, 1.807) is 7.11 Å². The third-order valence-electron chi connectivity index (χ3n) is 3.60. The van der Waals surface area contributed by atoms with Crippen molar-refractivity contribution in [3.05, 3.63) is 28.3 Å². The van der Waals surface area contributed by atoms with Crippen molar-refractivity contribution in [1.82, 2.24) is 4.90 Å². The number of aryl methyl sites for hydroxylation is 1. The molecule has 0 spiro atoms. The monoisotopic (exact) mass is 264 g/mol. The van der Waals surface area contributed by atoms with Gasteiger partial charge in [-0.15, -0.1) is 0 Å². The third kappa shape index (κ3) is 3.96. The molecule has 0 radical (unpaired) electrons. The van der Waals surface area contributed by atoms with Gasteiger partial charge in [-0.25, -0.2) is 0 Å². The van der Waals surface area contributed by atoms with Gasteiger partial charge in [0.05, 0.1) is 13.7 Å². The maximum atomic E-state index is 10.9. The lowest BCUT2D eigenvalue weighted by Crippen LogP contribution is -2.32. The highest BCUT2D eigenvalue weighted by molar-refractivity contribution is 5.75. The van der Waals surface area contributed by atoms with E-state index in [9.17, 15) is 4.79 Å². The second kappa shape index (κ2) is 6.57. The van der Waals surface area contributed by atoms with Gasteiger partial charge in [0.2, 0.25) is 5.91 Å². The number of likely N-dealkylation sites (N-methyl/N-ethyl adjacent to an activating group) is 1. The fourth-order valence-electron chi connectivity index (χ4n) is 2.34. The van der Waals surface area contributed by atoms with Crippen LogP contribution >= 0.6 is 0 Å². The largest absolute Gasteiger partial charge is 0.496 e. The first-order valence-electron chi connectivity index (χ1n) is 6.47. The van der Waals surface area contributed by atoms with Crippen molar-refractivity contribution in [2.45, 2.75) is 27.2 Å². The van der Waals surface area contributed by atoms with Gasteiger partial charge in [0.25, 0.3) is 0 Å². The van der Waals surface area contributed by atoms with Gasteiger partial charge >= 0.3 is 0 Å². The first-order valence-corrected chi connectivity index (χ1v) is 6.47. The molecule has 1 aromatic carbocycles. The molecular formula is C15H24N2O2. The molecule has 0 fully saturated rings. The van der Waals surface area contributed by atoms with Gasteiger partial charge in [-0.1, -0.05) is 0 Å². The molecule has 0 unspecified atom stereocenters. The summed E-state index contributed by atoms with van der Waals surface area (Å²) in [6.07, 6.45) is 0.909. The summed E-state index contributed by atoms with van der Waals surface area (Å²) >= 11 is 0. The lowest BCUT2D eigenvalue weighted by atomic mass is 9.95. The molecule has 106 valence electrons. The molecule has 4 nitrogen and oxygen atoms in total. The molecule has 1 aromatic rings. The van der Waals surface area contributed by atoms with Crippen LogP contribution < -0.4 is 10.5 Å². The van der Waals surface area contributed by atoms with E-state index in [1.807, 2.05) is 11.9 Å². The van der Waals surface area contributed by atoms with E-state index in [0.29, 0.717) is 6.54 Å². The summed E-state index contributed by atoms with van der Waals surface area (Å²) in [7, 11) is 3.60. The summed E-state index contributed by atoms with van der Waals surface area (Å²) in [5, 5.41) is 0. The number of hydrogen-bond donors (Lipinski definition) is 1. The van der Waals surface area contributed by atoms with Gasteiger partial charge in [0.1, 0.15) is 5.75 Å². The van der Waals surface area contributed by atoms with Crippen molar-refractivity contribution in [2.75, 3.05) is 27.2 Å². The molecule has 0 aliphatic carbocycles. The number of nitrogens with two attached hydrogens (primary N) is 1. The Balaban J connectivity index is 2.84. The molecular weight excluding hydrogens is 240 g/mol. The van der Waals surface area contributed by atoms with E-state index >= 15 is 0 Å². The zero-order valence-electron chi connectivity index (χ0n) is 12.5. The number of hydrogen-bond acceptors (Lipinski definition) is 3. The number of methoxy groups -OCH3 is 1. The van der Waals surface area contributed by atoms with Crippen molar-refractivity contribution in [3.63, 3.8) is 0 Å². The van der Waals surface area contributed by atoms with Crippen LogP contribution in [0.2, 0.25) is 0 Å². The predicted molar refractivity (Wildman–Crippen MR) is 77.6 cm³/mol. The minimum atomic E-state index is -0.290. The molecule has 1 rings (SSSR count). The summed E-state index contributed by atoms with van der Waals surface area (Å²) in [5.41, 5.74) is 10.2. The molecule has 2 N–H and O–H groups in total. The Bertz CT molecular complexity index is 470. The molecule has 0 aromatic heterocycles. The van der Waals surface area contributed by atoms with E-state index in [1.165, 1.54) is 22.3 Å². The van der Waals surface area contributed by atoms with E-state index in [4.69, 9.17) is 10.5 Å². The van der Waals surface area contributed by atoms with Crippen LogP contribution in [0.1, 0.15) is 22.3 Å². The summed E-state index contributed by atoms with van der Waals surface area (Å²) in [4.78, 5) is 12.8. The van der Waals surface area contributed by atoms with Gasteiger partial charge in [0.15, 0.2) is 0 Å². The number of ether oxygens (including phenoxy) is 1.